The summed E-state index contributed by atoms with van der Waals surface area (Å²) in [6.07, 6.45) is 2.48. The molecule has 110 valence electrons. The largest absolute Gasteiger partial charge is 0.356 e. The van der Waals surface area contributed by atoms with Crippen molar-refractivity contribution in [3.63, 3.8) is 0 Å². The van der Waals surface area contributed by atoms with Gasteiger partial charge in [0.1, 0.15) is 5.82 Å². The maximum atomic E-state index is 5.99. The second kappa shape index (κ2) is 5.90. The summed E-state index contributed by atoms with van der Waals surface area (Å²) < 4.78 is 0. The first kappa shape index (κ1) is 14.1. The molecule has 1 saturated heterocycles. The lowest BCUT2D eigenvalue weighted by Gasteiger charge is -2.18. The molecule has 0 unspecified atom stereocenters. The van der Waals surface area contributed by atoms with E-state index < -0.39 is 0 Å². The van der Waals surface area contributed by atoms with Crippen LogP contribution >= 0.6 is 11.6 Å². The second-order valence-corrected chi connectivity index (χ2v) is 5.91. The highest BCUT2D eigenvalue weighted by Gasteiger charge is 2.15. The van der Waals surface area contributed by atoms with Crippen molar-refractivity contribution < 1.29 is 0 Å². The number of halogens is 1. The zero-order valence-electron chi connectivity index (χ0n) is 12.4. The van der Waals surface area contributed by atoms with Crippen molar-refractivity contribution in [2.24, 2.45) is 0 Å². The first-order valence-electron chi connectivity index (χ1n) is 7.25. The van der Waals surface area contributed by atoms with Crippen LogP contribution in [0, 0.1) is 13.8 Å². The van der Waals surface area contributed by atoms with Gasteiger partial charge in [0, 0.05) is 35.6 Å². The number of aryl methyl sites for hydroxylation is 2. The minimum atomic E-state index is 0.641. The molecule has 3 rings (SSSR count). The Labute approximate surface area is 130 Å². The third-order valence-electron chi connectivity index (χ3n) is 3.71. The fraction of sp³-hybridized carbons (Fsp3) is 0.375. The molecule has 4 nitrogen and oxygen atoms in total. The van der Waals surface area contributed by atoms with Gasteiger partial charge in [0.2, 0.25) is 5.95 Å². The number of aromatic nitrogens is 2. The molecule has 0 aliphatic carbocycles. The second-order valence-electron chi connectivity index (χ2n) is 5.47. The molecule has 5 heteroatoms. The van der Waals surface area contributed by atoms with E-state index in [1.165, 1.54) is 12.8 Å². The average Bonchev–Trinajstić information content (AvgIpc) is 2.95. The standard InChI is InChI=1S/C16H19ClN4/c1-11-9-13(17)5-6-14(11)19-16-18-12(2)10-15(20-16)21-7-3-4-8-21/h5-6,9-10H,3-4,7-8H2,1-2H3,(H,18,19,20). The zero-order chi connectivity index (χ0) is 14.8. The predicted molar refractivity (Wildman–Crippen MR) is 87.7 cm³/mol. The Bertz CT molecular complexity index is 651. The first-order chi connectivity index (χ1) is 10.1. The smallest absolute Gasteiger partial charge is 0.229 e. The number of nitrogens with one attached hydrogen (secondary N) is 1. The number of hydrogen-bond donors (Lipinski definition) is 1. The van der Waals surface area contributed by atoms with Crippen molar-refractivity contribution in [3.05, 3.63) is 40.5 Å². The summed E-state index contributed by atoms with van der Waals surface area (Å²) in [5.41, 5.74) is 3.04. The highest BCUT2D eigenvalue weighted by molar-refractivity contribution is 6.30. The number of nitrogens with zero attached hydrogens (tertiary/aromatic N) is 3. The molecule has 21 heavy (non-hydrogen) atoms. The number of hydrogen-bond acceptors (Lipinski definition) is 4. The minimum absolute atomic E-state index is 0.641. The van der Waals surface area contributed by atoms with E-state index in [0.717, 1.165) is 40.9 Å². The van der Waals surface area contributed by atoms with Crippen LogP contribution < -0.4 is 10.2 Å². The Morgan fingerprint density at radius 1 is 1.10 bits per heavy atom. The average molecular weight is 303 g/mol. The molecule has 0 bridgehead atoms. The van der Waals surface area contributed by atoms with Gasteiger partial charge in [-0.2, -0.15) is 4.98 Å². The lowest BCUT2D eigenvalue weighted by atomic mass is 10.2. The third-order valence-corrected chi connectivity index (χ3v) is 3.94. The van der Waals surface area contributed by atoms with E-state index in [0.29, 0.717) is 5.95 Å². The van der Waals surface area contributed by atoms with E-state index in [1.54, 1.807) is 0 Å². The Morgan fingerprint density at radius 2 is 1.86 bits per heavy atom. The van der Waals surface area contributed by atoms with E-state index in [4.69, 9.17) is 11.6 Å². The van der Waals surface area contributed by atoms with Gasteiger partial charge in [0.25, 0.3) is 0 Å². The van der Waals surface area contributed by atoms with Crippen LogP contribution in [0.2, 0.25) is 5.02 Å². The van der Waals surface area contributed by atoms with Gasteiger partial charge in [-0.3, -0.25) is 0 Å². The fourth-order valence-electron chi connectivity index (χ4n) is 2.60. The van der Waals surface area contributed by atoms with E-state index in [-0.39, 0.29) is 0 Å². The van der Waals surface area contributed by atoms with Crippen LogP contribution in [-0.4, -0.2) is 23.1 Å². The summed E-state index contributed by atoms with van der Waals surface area (Å²) in [6, 6.07) is 7.80. The third kappa shape index (κ3) is 3.27. The topological polar surface area (TPSA) is 41.1 Å². The molecule has 2 heterocycles. The lowest BCUT2D eigenvalue weighted by Crippen LogP contribution is -2.19. The maximum absolute atomic E-state index is 5.99. The SMILES string of the molecule is Cc1cc(N2CCCC2)nc(Nc2ccc(Cl)cc2C)n1. The normalized spacial score (nSPS) is 14.5. The van der Waals surface area contributed by atoms with Crippen molar-refractivity contribution in [1.82, 2.24) is 9.97 Å². The quantitative estimate of drug-likeness (QED) is 0.927. The molecular weight excluding hydrogens is 284 g/mol. The monoisotopic (exact) mass is 302 g/mol. The van der Waals surface area contributed by atoms with Crippen LogP contribution in [0.3, 0.4) is 0 Å². The van der Waals surface area contributed by atoms with Crippen LogP contribution in [0.1, 0.15) is 24.1 Å². The highest BCUT2D eigenvalue weighted by atomic mass is 35.5. The molecule has 1 aromatic carbocycles. The summed E-state index contributed by atoms with van der Waals surface area (Å²) in [5, 5.41) is 4.03. The summed E-state index contributed by atoms with van der Waals surface area (Å²) in [6.45, 7) is 6.18. The molecule has 1 fully saturated rings. The predicted octanol–water partition coefficient (Wildman–Crippen LogP) is 4.09. The van der Waals surface area contributed by atoms with Gasteiger partial charge in [-0.1, -0.05) is 11.6 Å². The van der Waals surface area contributed by atoms with Gasteiger partial charge in [0.05, 0.1) is 0 Å². The first-order valence-corrected chi connectivity index (χ1v) is 7.63. The van der Waals surface area contributed by atoms with E-state index >= 15 is 0 Å². The number of benzene rings is 1. The van der Waals surface area contributed by atoms with Crippen molar-refractivity contribution in [2.45, 2.75) is 26.7 Å². The molecule has 0 radical (unpaired) electrons. The van der Waals surface area contributed by atoms with Crippen molar-refractivity contribution in [2.75, 3.05) is 23.3 Å². The molecule has 0 spiro atoms. The van der Waals surface area contributed by atoms with Crippen LogP contribution in [0.4, 0.5) is 17.5 Å². The summed E-state index contributed by atoms with van der Waals surface area (Å²) in [5.74, 6) is 1.65. The Hall–Kier alpha value is -1.81. The van der Waals surface area contributed by atoms with Crippen molar-refractivity contribution >= 4 is 29.1 Å². The molecule has 1 aromatic heterocycles. The minimum Gasteiger partial charge on any atom is -0.356 e. The van der Waals surface area contributed by atoms with E-state index in [9.17, 15) is 0 Å². The van der Waals surface area contributed by atoms with Gasteiger partial charge < -0.3 is 10.2 Å². The summed E-state index contributed by atoms with van der Waals surface area (Å²) >= 11 is 5.99. The Balaban J connectivity index is 1.87. The van der Waals surface area contributed by atoms with Crippen LogP contribution in [0.15, 0.2) is 24.3 Å². The molecule has 0 atom stereocenters. The van der Waals surface area contributed by atoms with Crippen LogP contribution in [0.5, 0.6) is 0 Å². The fourth-order valence-corrected chi connectivity index (χ4v) is 2.83. The highest BCUT2D eigenvalue weighted by Crippen LogP contribution is 2.24. The Morgan fingerprint density at radius 3 is 2.57 bits per heavy atom. The van der Waals surface area contributed by atoms with Crippen LogP contribution in [-0.2, 0) is 0 Å². The molecule has 0 saturated carbocycles. The maximum Gasteiger partial charge on any atom is 0.229 e. The van der Waals surface area contributed by atoms with Gasteiger partial charge in [-0.05, 0) is 50.5 Å². The van der Waals surface area contributed by atoms with Gasteiger partial charge in [0.15, 0.2) is 0 Å². The Kier molecular flexibility index (Phi) is 3.97. The zero-order valence-corrected chi connectivity index (χ0v) is 13.1. The van der Waals surface area contributed by atoms with E-state index in [2.05, 4.69) is 20.2 Å². The number of anilines is 3. The van der Waals surface area contributed by atoms with Crippen molar-refractivity contribution in [1.29, 1.82) is 0 Å². The summed E-state index contributed by atoms with van der Waals surface area (Å²) in [4.78, 5) is 11.4. The molecule has 1 aliphatic heterocycles. The van der Waals surface area contributed by atoms with Gasteiger partial charge in [-0.25, -0.2) is 4.98 Å². The van der Waals surface area contributed by atoms with Gasteiger partial charge >= 0.3 is 0 Å². The lowest BCUT2D eigenvalue weighted by molar-refractivity contribution is 0.923. The molecule has 1 N–H and O–H groups in total. The molecule has 2 aromatic rings. The molecule has 0 amide bonds. The summed E-state index contributed by atoms with van der Waals surface area (Å²) in [7, 11) is 0. The van der Waals surface area contributed by atoms with Crippen molar-refractivity contribution in [3.8, 4) is 0 Å². The van der Waals surface area contributed by atoms with Crippen LogP contribution in [0.25, 0.3) is 0 Å². The van der Waals surface area contributed by atoms with E-state index in [1.807, 2.05) is 38.1 Å². The molecule has 1 aliphatic rings. The number of rotatable bonds is 3. The van der Waals surface area contributed by atoms with Gasteiger partial charge in [-0.15, -0.1) is 0 Å². The molecular formula is C16H19ClN4.